The van der Waals surface area contributed by atoms with Gasteiger partial charge in [0, 0.05) is 40.7 Å². The summed E-state index contributed by atoms with van der Waals surface area (Å²) >= 11 is 0. The summed E-state index contributed by atoms with van der Waals surface area (Å²) in [5.41, 5.74) is 4.01. The van der Waals surface area contributed by atoms with Crippen LogP contribution in [0.25, 0.3) is 21.9 Å². The highest BCUT2D eigenvalue weighted by Gasteiger charge is 2.18. The summed E-state index contributed by atoms with van der Waals surface area (Å²) in [7, 11) is 0. The molecule has 0 aliphatic rings. The molecule has 7 nitrogen and oxygen atoms in total. The number of imidazole rings is 1. The largest absolute Gasteiger partial charge is 0.464 e. The average molecular weight is 365 g/mol. The van der Waals surface area contributed by atoms with Gasteiger partial charge < -0.3 is 13.8 Å². The molecule has 3 aromatic heterocycles. The van der Waals surface area contributed by atoms with Crippen LogP contribution < -0.4 is 10.9 Å². The van der Waals surface area contributed by atoms with Gasteiger partial charge in [0.05, 0.1) is 6.26 Å². The number of carbonyl (C=O) groups excluding carboxylic acids is 1. The first-order chi connectivity index (χ1) is 13.0. The zero-order chi connectivity index (χ0) is 19.1. The maximum absolute atomic E-state index is 12.5. The van der Waals surface area contributed by atoms with Crippen LogP contribution in [0.3, 0.4) is 0 Å². The van der Waals surface area contributed by atoms with Gasteiger partial charge >= 0.3 is 5.63 Å². The maximum Gasteiger partial charge on any atom is 0.339 e. The number of fused-ring (bicyclic) bond motifs is 2. The first kappa shape index (κ1) is 17.1. The van der Waals surface area contributed by atoms with Crippen LogP contribution in [0.1, 0.15) is 28.7 Å². The third kappa shape index (κ3) is 2.91. The SMILES string of the molecule is Cc1coc2c(C)c3oc(=O)c(CCC(=O)Nc4ncc[nH]4)c(C)c3cc12. The summed E-state index contributed by atoms with van der Waals surface area (Å²) in [5, 5.41) is 4.52. The molecular formula is C20H19N3O4. The van der Waals surface area contributed by atoms with Gasteiger partial charge in [-0.15, -0.1) is 0 Å². The van der Waals surface area contributed by atoms with Gasteiger partial charge in [0.15, 0.2) is 0 Å². The normalized spacial score (nSPS) is 11.4. The molecule has 0 fully saturated rings. The predicted molar refractivity (Wildman–Crippen MR) is 102 cm³/mol. The van der Waals surface area contributed by atoms with Crippen LogP contribution >= 0.6 is 0 Å². The molecule has 7 heteroatoms. The van der Waals surface area contributed by atoms with E-state index >= 15 is 0 Å². The Morgan fingerprint density at radius 2 is 2.00 bits per heavy atom. The molecule has 0 aliphatic carbocycles. The Morgan fingerprint density at radius 1 is 1.19 bits per heavy atom. The number of nitrogens with zero attached hydrogens (tertiary/aromatic N) is 1. The summed E-state index contributed by atoms with van der Waals surface area (Å²) in [6.45, 7) is 5.75. The van der Waals surface area contributed by atoms with Gasteiger partial charge in [-0.1, -0.05) is 0 Å². The van der Waals surface area contributed by atoms with E-state index in [9.17, 15) is 9.59 Å². The van der Waals surface area contributed by atoms with Crippen molar-refractivity contribution < 1.29 is 13.6 Å². The number of furan rings is 1. The number of amides is 1. The van der Waals surface area contributed by atoms with E-state index in [0.717, 1.165) is 33.0 Å². The number of H-pyrrole nitrogens is 1. The summed E-state index contributed by atoms with van der Waals surface area (Å²) in [5.74, 6) is 0.164. The van der Waals surface area contributed by atoms with Crippen molar-refractivity contribution in [1.29, 1.82) is 0 Å². The molecule has 3 heterocycles. The Balaban J connectivity index is 1.70. The number of aryl methyl sites for hydroxylation is 3. The molecule has 0 unspecified atom stereocenters. The van der Waals surface area contributed by atoms with E-state index in [1.165, 1.54) is 0 Å². The smallest absolute Gasteiger partial charge is 0.339 e. The molecule has 1 aromatic carbocycles. The second-order valence-electron chi connectivity index (χ2n) is 6.65. The van der Waals surface area contributed by atoms with E-state index in [1.807, 2.05) is 26.8 Å². The topological polar surface area (TPSA) is 101 Å². The molecular weight excluding hydrogens is 346 g/mol. The van der Waals surface area contributed by atoms with Crippen LogP contribution in [0.2, 0.25) is 0 Å². The van der Waals surface area contributed by atoms with Gasteiger partial charge in [0.2, 0.25) is 11.9 Å². The van der Waals surface area contributed by atoms with Gasteiger partial charge in [-0.2, -0.15) is 0 Å². The van der Waals surface area contributed by atoms with Crippen molar-refractivity contribution in [2.75, 3.05) is 5.32 Å². The van der Waals surface area contributed by atoms with Gasteiger partial charge in [0.25, 0.3) is 0 Å². The molecule has 4 rings (SSSR count). The third-order valence-corrected chi connectivity index (χ3v) is 4.89. The van der Waals surface area contributed by atoms with Crippen LogP contribution in [0, 0.1) is 20.8 Å². The minimum absolute atomic E-state index is 0.157. The standard InChI is InChI=1S/C20H19N3O4/c1-10-9-26-17-12(3)18-15(8-14(10)17)11(2)13(19(25)27-18)4-5-16(24)23-20-21-6-7-22-20/h6-9H,4-5H2,1-3H3,(H2,21,22,23,24). The molecule has 0 saturated heterocycles. The van der Waals surface area contributed by atoms with Crippen LogP contribution in [-0.4, -0.2) is 15.9 Å². The van der Waals surface area contributed by atoms with Crippen molar-refractivity contribution >= 4 is 33.8 Å². The molecule has 0 atom stereocenters. The van der Waals surface area contributed by atoms with Crippen LogP contribution in [-0.2, 0) is 11.2 Å². The first-order valence-corrected chi connectivity index (χ1v) is 8.68. The zero-order valence-electron chi connectivity index (χ0n) is 15.3. The number of benzene rings is 1. The lowest BCUT2D eigenvalue weighted by Crippen LogP contribution is -2.17. The lowest BCUT2D eigenvalue weighted by Gasteiger charge is -2.10. The Labute approximate surface area is 154 Å². The minimum Gasteiger partial charge on any atom is -0.464 e. The number of aromatic nitrogens is 2. The number of anilines is 1. The second-order valence-corrected chi connectivity index (χ2v) is 6.65. The Hall–Kier alpha value is -3.35. The second kappa shape index (κ2) is 6.42. The van der Waals surface area contributed by atoms with E-state index < -0.39 is 5.63 Å². The zero-order valence-corrected chi connectivity index (χ0v) is 15.3. The highest BCUT2D eigenvalue weighted by Crippen LogP contribution is 2.32. The number of aromatic amines is 1. The fourth-order valence-corrected chi connectivity index (χ4v) is 3.37. The fraction of sp³-hybridized carbons (Fsp3) is 0.250. The quantitative estimate of drug-likeness (QED) is 0.536. The summed E-state index contributed by atoms with van der Waals surface area (Å²) in [6, 6.07) is 1.99. The third-order valence-electron chi connectivity index (χ3n) is 4.89. The van der Waals surface area contributed by atoms with Crippen molar-refractivity contribution in [2.24, 2.45) is 0 Å². The lowest BCUT2D eigenvalue weighted by molar-refractivity contribution is -0.116. The Morgan fingerprint density at radius 3 is 2.74 bits per heavy atom. The number of rotatable bonds is 4. The van der Waals surface area contributed by atoms with E-state index in [-0.39, 0.29) is 18.7 Å². The van der Waals surface area contributed by atoms with E-state index in [4.69, 9.17) is 8.83 Å². The summed E-state index contributed by atoms with van der Waals surface area (Å²) in [6.07, 6.45) is 5.32. The van der Waals surface area contributed by atoms with Crippen LogP contribution in [0.5, 0.6) is 0 Å². The molecule has 27 heavy (non-hydrogen) atoms. The van der Waals surface area contributed by atoms with Gasteiger partial charge in [-0.05, 0) is 44.4 Å². The fourth-order valence-electron chi connectivity index (χ4n) is 3.37. The number of hydrogen-bond donors (Lipinski definition) is 2. The van der Waals surface area contributed by atoms with Crippen molar-refractivity contribution in [1.82, 2.24) is 9.97 Å². The lowest BCUT2D eigenvalue weighted by atomic mass is 9.98. The predicted octanol–water partition coefficient (Wildman–Crippen LogP) is 3.76. The van der Waals surface area contributed by atoms with Gasteiger partial charge in [-0.3, -0.25) is 10.1 Å². The van der Waals surface area contributed by atoms with E-state index in [0.29, 0.717) is 17.1 Å². The Kier molecular flexibility index (Phi) is 4.07. The Bertz CT molecular complexity index is 1220. The molecule has 0 bridgehead atoms. The monoisotopic (exact) mass is 365 g/mol. The van der Waals surface area contributed by atoms with Gasteiger partial charge in [0.1, 0.15) is 11.2 Å². The minimum atomic E-state index is -0.420. The molecule has 138 valence electrons. The molecule has 2 N–H and O–H groups in total. The maximum atomic E-state index is 12.5. The van der Waals surface area contributed by atoms with E-state index in [1.54, 1.807) is 18.7 Å². The summed E-state index contributed by atoms with van der Waals surface area (Å²) < 4.78 is 11.2. The highest BCUT2D eigenvalue weighted by molar-refractivity contribution is 5.99. The van der Waals surface area contributed by atoms with Crippen molar-refractivity contribution in [3.05, 3.63) is 57.4 Å². The first-order valence-electron chi connectivity index (χ1n) is 8.68. The highest BCUT2D eigenvalue weighted by atomic mass is 16.4. The molecule has 0 radical (unpaired) electrons. The number of hydrogen-bond acceptors (Lipinski definition) is 5. The van der Waals surface area contributed by atoms with Crippen molar-refractivity contribution in [2.45, 2.75) is 33.6 Å². The average Bonchev–Trinajstić information content (AvgIpc) is 3.26. The van der Waals surface area contributed by atoms with Crippen LogP contribution in [0.4, 0.5) is 5.95 Å². The van der Waals surface area contributed by atoms with Gasteiger partial charge in [-0.25, -0.2) is 9.78 Å². The molecule has 1 amide bonds. The van der Waals surface area contributed by atoms with E-state index in [2.05, 4.69) is 15.3 Å². The molecule has 0 aliphatic heterocycles. The number of carbonyl (C=O) groups is 1. The molecule has 0 saturated carbocycles. The van der Waals surface area contributed by atoms with Crippen LogP contribution in [0.15, 0.2) is 38.4 Å². The van der Waals surface area contributed by atoms with Crippen molar-refractivity contribution in [3.63, 3.8) is 0 Å². The molecule has 4 aromatic rings. The molecule has 0 spiro atoms. The number of nitrogens with one attached hydrogen (secondary N) is 2. The van der Waals surface area contributed by atoms with Crippen molar-refractivity contribution in [3.8, 4) is 0 Å². The summed E-state index contributed by atoms with van der Waals surface area (Å²) in [4.78, 5) is 31.4.